The van der Waals surface area contributed by atoms with Crippen molar-refractivity contribution >= 4 is 39.3 Å². The number of aromatic nitrogens is 1. The van der Waals surface area contributed by atoms with Crippen LogP contribution in [0.1, 0.15) is 19.5 Å². The fourth-order valence-corrected chi connectivity index (χ4v) is 3.97. The van der Waals surface area contributed by atoms with Crippen LogP contribution in [0.5, 0.6) is 5.75 Å². The molecule has 0 aliphatic carbocycles. The van der Waals surface area contributed by atoms with Gasteiger partial charge in [-0.1, -0.05) is 25.4 Å². The first-order valence-electron chi connectivity index (χ1n) is 7.11. The molecule has 0 amide bonds. The average Bonchev–Trinajstić information content (AvgIpc) is 2.98. The summed E-state index contributed by atoms with van der Waals surface area (Å²) >= 11 is 8.00. The summed E-state index contributed by atoms with van der Waals surface area (Å²) in [5.41, 5.74) is 1.25. The van der Waals surface area contributed by atoms with E-state index in [4.69, 9.17) is 21.3 Å². The molecule has 3 rings (SSSR count). The highest BCUT2D eigenvalue weighted by Crippen LogP contribution is 2.31. The fourth-order valence-electron chi connectivity index (χ4n) is 2.42. The van der Waals surface area contributed by atoms with Crippen molar-refractivity contribution in [1.29, 1.82) is 0 Å². The number of methoxy groups -OCH3 is 1. The molecule has 0 bridgehead atoms. The molecular weight excluding hydrogens is 320 g/mol. The van der Waals surface area contributed by atoms with Gasteiger partial charge in [-0.2, -0.15) is 0 Å². The number of nitrogens with zero attached hydrogens (tertiary/aromatic N) is 1. The quantitative estimate of drug-likeness (QED) is 0.929. The Kier molecular flexibility index (Phi) is 4.19. The van der Waals surface area contributed by atoms with Crippen molar-refractivity contribution in [3.63, 3.8) is 0 Å². The SMILES string of the molecule is COc1ccc2c(=O)cc(C3=NC(C(C)C)CS3)[nH]c2c1Cl. The summed E-state index contributed by atoms with van der Waals surface area (Å²) in [5.74, 6) is 1.97. The molecule has 1 N–H and O–H groups in total. The molecule has 0 radical (unpaired) electrons. The van der Waals surface area contributed by atoms with Crippen LogP contribution in [0.2, 0.25) is 5.02 Å². The van der Waals surface area contributed by atoms with Gasteiger partial charge in [0.15, 0.2) is 5.43 Å². The standard InChI is InChI=1S/C16H17ClN2O2S/c1-8(2)11-7-22-16(19-11)10-6-12(20)9-4-5-13(21-3)14(17)15(9)18-10/h4-6,8,11H,7H2,1-3H3,(H,18,20). The number of thioether (sulfide) groups is 1. The molecule has 1 aliphatic heterocycles. The average molecular weight is 337 g/mol. The summed E-state index contributed by atoms with van der Waals surface area (Å²) < 4.78 is 5.22. The summed E-state index contributed by atoms with van der Waals surface area (Å²) in [4.78, 5) is 20.3. The summed E-state index contributed by atoms with van der Waals surface area (Å²) in [6, 6.07) is 5.32. The van der Waals surface area contributed by atoms with Crippen LogP contribution in [-0.4, -0.2) is 28.9 Å². The fraction of sp³-hybridized carbons (Fsp3) is 0.375. The number of aromatic amines is 1. The van der Waals surface area contributed by atoms with Crippen LogP contribution in [0, 0.1) is 5.92 Å². The highest BCUT2D eigenvalue weighted by molar-refractivity contribution is 8.14. The van der Waals surface area contributed by atoms with E-state index in [0.29, 0.717) is 33.6 Å². The van der Waals surface area contributed by atoms with Gasteiger partial charge >= 0.3 is 0 Å². The van der Waals surface area contributed by atoms with Crippen LogP contribution in [0.25, 0.3) is 10.9 Å². The van der Waals surface area contributed by atoms with Gasteiger partial charge in [-0.15, -0.1) is 11.8 Å². The van der Waals surface area contributed by atoms with Gasteiger partial charge in [-0.3, -0.25) is 9.79 Å². The maximum atomic E-state index is 12.3. The van der Waals surface area contributed by atoms with Crippen LogP contribution in [-0.2, 0) is 0 Å². The van der Waals surface area contributed by atoms with Crippen molar-refractivity contribution in [3.8, 4) is 5.75 Å². The smallest absolute Gasteiger partial charge is 0.190 e. The van der Waals surface area contributed by atoms with E-state index in [1.165, 1.54) is 0 Å². The monoisotopic (exact) mass is 336 g/mol. The van der Waals surface area contributed by atoms with Crippen LogP contribution in [0.4, 0.5) is 0 Å². The number of ether oxygens (including phenoxy) is 1. The first kappa shape index (κ1) is 15.4. The van der Waals surface area contributed by atoms with Crippen molar-refractivity contribution in [3.05, 3.63) is 39.1 Å². The summed E-state index contributed by atoms with van der Waals surface area (Å²) in [5, 5.41) is 1.85. The van der Waals surface area contributed by atoms with Gasteiger partial charge < -0.3 is 9.72 Å². The summed E-state index contributed by atoms with van der Waals surface area (Å²) in [6.45, 7) is 4.31. The Morgan fingerprint density at radius 3 is 2.86 bits per heavy atom. The third kappa shape index (κ3) is 2.63. The molecule has 1 aromatic heterocycles. The highest BCUT2D eigenvalue weighted by Gasteiger charge is 2.23. The van der Waals surface area contributed by atoms with Crippen LogP contribution in [0.3, 0.4) is 0 Å². The minimum Gasteiger partial charge on any atom is -0.495 e. The van der Waals surface area contributed by atoms with E-state index in [0.717, 1.165) is 16.5 Å². The number of halogens is 1. The predicted octanol–water partition coefficient (Wildman–Crippen LogP) is 3.71. The van der Waals surface area contributed by atoms with E-state index in [9.17, 15) is 4.79 Å². The molecule has 1 unspecified atom stereocenters. The number of benzene rings is 1. The van der Waals surface area contributed by atoms with E-state index in [1.54, 1.807) is 37.1 Å². The minimum absolute atomic E-state index is 0.0652. The number of pyridine rings is 1. The molecule has 1 atom stereocenters. The lowest BCUT2D eigenvalue weighted by atomic mass is 10.1. The topological polar surface area (TPSA) is 54.4 Å². The molecule has 2 heterocycles. The van der Waals surface area contributed by atoms with Crippen LogP contribution >= 0.6 is 23.4 Å². The maximum absolute atomic E-state index is 12.3. The Balaban J connectivity index is 2.15. The predicted molar refractivity (Wildman–Crippen MR) is 93.8 cm³/mol. The first-order valence-corrected chi connectivity index (χ1v) is 8.48. The summed E-state index contributed by atoms with van der Waals surface area (Å²) in [6.07, 6.45) is 0. The third-order valence-electron chi connectivity index (χ3n) is 3.80. The zero-order valence-electron chi connectivity index (χ0n) is 12.6. The van der Waals surface area contributed by atoms with Gasteiger partial charge in [0.1, 0.15) is 15.8 Å². The molecule has 0 spiro atoms. The van der Waals surface area contributed by atoms with Gasteiger partial charge in [0.25, 0.3) is 0 Å². The lowest BCUT2D eigenvalue weighted by Crippen LogP contribution is -2.12. The number of fused-ring (bicyclic) bond motifs is 1. The first-order chi connectivity index (χ1) is 10.5. The Hall–Kier alpha value is -1.46. The minimum atomic E-state index is -0.0652. The normalized spacial score (nSPS) is 18.0. The van der Waals surface area contributed by atoms with Gasteiger partial charge in [-0.05, 0) is 18.1 Å². The Labute approximate surface area is 137 Å². The number of rotatable bonds is 3. The second kappa shape index (κ2) is 5.97. The molecule has 4 nitrogen and oxygen atoms in total. The second-order valence-corrected chi connectivity index (χ2v) is 6.99. The molecular formula is C16H17ClN2O2S. The van der Waals surface area contributed by atoms with E-state index in [-0.39, 0.29) is 5.43 Å². The molecule has 116 valence electrons. The van der Waals surface area contributed by atoms with Crippen molar-refractivity contribution in [2.24, 2.45) is 10.9 Å². The molecule has 22 heavy (non-hydrogen) atoms. The van der Waals surface area contributed by atoms with E-state index >= 15 is 0 Å². The second-order valence-electron chi connectivity index (χ2n) is 5.61. The van der Waals surface area contributed by atoms with Crippen molar-refractivity contribution in [2.75, 3.05) is 12.9 Å². The number of hydrogen-bond acceptors (Lipinski definition) is 4. The number of aliphatic imine (C=N–C) groups is 1. The van der Waals surface area contributed by atoms with E-state index in [2.05, 4.69) is 18.8 Å². The zero-order valence-corrected chi connectivity index (χ0v) is 14.2. The largest absolute Gasteiger partial charge is 0.495 e. The number of H-pyrrole nitrogens is 1. The Bertz CT molecular complexity index is 814. The number of nitrogens with one attached hydrogen (secondary N) is 1. The molecule has 0 fully saturated rings. The molecule has 1 aliphatic rings. The lowest BCUT2D eigenvalue weighted by molar-refractivity contribution is 0.415. The van der Waals surface area contributed by atoms with Crippen molar-refractivity contribution in [2.45, 2.75) is 19.9 Å². The summed E-state index contributed by atoms with van der Waals surface area (Å²) in [7, 11) is 1.55. The lowest BCUT2D eigenvalue weighted by Gasteiger charge is -2.09. The van der Waals surface area contributed by atoms with Crippen LogP contribution < -0.4 is 10.2 Å². The van der Waals surface area contributed by atoms with Crippen molar-refractivity contribution < 1.29 is 4.74 Å². The highest BCUT2D eigenvalue weighted by atomic mass is 35.5. The molecule has 0 saturated carbocycles. The van der Waals surface area contributed by atoms with Gasteiger partial charge in [-0.25, -0.2) is 0 Å². The van der Waals surface area contributed by atoms with Gasteiger partial charge in [0, 0.05) is 17.2 Å². The van der Waals surface area contributed by atoms with Crippen molar-refractivity contribution in [1.82, 2.24) is 4.98 Å². The zero-order chi connectivity index (χ0) is 15.9. The van der Waals surface area contributed by atoms with Gasteiger partial charge in [0.2, 0.25) is 0 Å². The van der Waals surface area contributed by atoms with Crippen LogP contribution in [0.15, 0.2) is 28.0 Å². The Morgan fingerprint density at radius 2 is 2.23 bits per heavy atom. The number of hydrogen-bond donors (Lipinski definition) is 1. The molecule has 6 heteroatoms. The van der Waals surface area contributed by atoms with E-state index < -0.39 is 0 Å². The molecule has 1 aromatic carbocycles. The molecule has 0 saturated heterocycles. The van der Waals surface area contributed by atoms with Gasteiger partial charge in [0.05, 0.1) is 24.4 Å². The molecule has 2 aromatic rings. The Morgan fingerprint density at radius 1 is 1.45 bits per heavy atom. The third-order valence-corrected chi connectivity index (χ3v) is 5.28. The maximum Gasteiger partial charge on any atom is 0.190 e. The van der Waals surface area contributed by atoms with E-state index in [1.807, 2.05) is 0 Å².